The smallest absolute Gasteiger partial charge is 0.309 e. The summed E-state index contributed by atoms with van der Waals surface area (Å²) in [5.41, 5.74) is -1.10. The third kappa shape index (κ3) is 5.75. The molecule has 2 atom stereocenters. The van der Waals surface area contributed by atoms with Gasteiger partial charge in [0.2, 0.25) is 0 Å². The topological polar surface area (TPSA) is 57.5 Å². The van der Waals surface area contributed by atoms with Gasteiger partial charge in [0.1, 0.15) is 0 Å². The van der Waals surface area contributed by atoms with Crippen molar-refractivity contribution in [3.8, 4) is 0 Å². The fraction of sp³-hybridized carbons (Fsp3) is 0.952. The zero-order valence-corrected chi connectivity index (χ0v) is 16.6. The van der Waals surface area contributed by atoms with E-state index in [1.165, 1.54) is 38.5 Å². The van der Waals surface area contributed by atoms with Crippen LogP contribution in [0.5, 0.6) is 0 Å². The summed E-state index contributed by atoms with van der Waals surface area (Å²) in [5, 5.41) is 20.2. The van der Waals surface area contributed by atoms with Gasteiger partial charge in [-0.15, -0.1) is 0 Å². The first-order valence-corrected chi connectivity index (χ1v) is 10.0. The second-order valence-corrected chi connectivity index (χ2v) is 9.27. The fourth-order valence-corrected chi connectivity index (χ4v) is 4.02. The molecule has 1 aliphatic rings. The first-order valence-electron chi connectivity index (χ1n) is 10.0. The molecule has 0 spiro atoms. The zero-order valence-electron chi connectivity index (χ0n) is 16.6. The standard InChI is InChI=1S/C21H40O3/c1-6-7-8-9-16-10-12-17(13-11-16)18(22)14-15-21(5,19(23)24)20(2,3)4/h16-18,22H,6-15H2,1-5H3,(H,23,24). The molecule has 0 aromatic rings. The molecule has 2 N–H and O–H groups in total. The van der Waals surface area contributed by atoms with Crippen LogP contribution in [0.25, 0.3) is 0 Å². The van der Waals surface area contributed by atoms with E-state index in [0.29, 0.717) is 18.8 Å². The van der Waals surface area contributed by atoms with Crippen molar-refractivity contribution in [1.82, 2.24) is 0 Å². The first kappa shape index (κ1) is 21.5. The molecular weight excluding hydrogens is 300 g/mol. The van der Waals surface area contributed by atoms with Crippen LogP contribution in [-0.4, -0.2) is 22.3 Å². The van der Waals surface area contributed by atoms with Gasteiger partial charge in [0.25, 0.3) is 0 Å². The summed E-state index contributed by atoms with van der Waals surface area (Å²) in [6, 6.07) is 0. The Morgan fingerprint density at radius 1 is 1.08 bits per heavy atom. The van der Waals surface area contributed by atoms with E-state index >= 15 is 0 Å². The third-order valence-corrected chi connectivity index (χ3v) is 6.72. The Morgan fingerprint density at radius 2 is 1.67 bits per heavy atom. The molecule has 24 heavy (non-hydrogen) atoms. The van der Waals surface area contributed by atoms with Crippen molar-refractivity contribution < 1.29 is 15.0 Å². The highest BCUT2D eigenvalue weighted by atomic mass is 16.4. The van der Waals surface area contributed by atoms with Crippen LogP contribution in [0.15, 0.2) is 0 Å². The van der Waals surface area contributed by atoms with Crippen LogP contribution >= 0.6 is 0 Å². The largest absolute Gasteiger partial charge is 0.481 e. The van der Waals surface area contributed by atoms with Crippen molar-refractivity contribution in [3.05, 3.63) is 0 Å². The van der Waals surface area contributed by atoms with Gasteiger partial charge in [-0.05, 0) is 49.9 Å². The van der Waals surface area contributed by atoms with Crippen LogP contribution < -0.4 is 0 Å². The molecule has 0 aromatic carbocycles. The van der Waals surface area contributed by atoms with Crippen molar-refractivity contribution in [2.75, 3.05) is 0 Å². The number of rotatable bonds is 9. The predicted octanol–water partition coefficient (Wildman–Crippen LogP) is 5.65. The Kier molecular flexibility index (Phi) is 8.25. The highest BCUT2D eigenvalue weighted by Crippen LogP contribution is 2.44. The quantitative estimate of drug-likeness (QED) is 0.533. The molecule has 142 valence electrons. The monoisotopic (exact) mass is 340 g/mol. The lowest BCUT2D eigenvalue weighted by molar-refractivity contribution is -0.156. The number of aliphatic hydroxyl groups is 1. The molecule has 1 fully saturated rings. The summed E-state index contributed by atoms with van der Waals surface area (Å²) in [6.07, 6.45) is 10.8. The summed E-state index contributed by atoms with van der Waals surface area (Å²) < 4.78 is 0. The number of hydrogen-bond donors (Lipinski definition) is 2. The van der Waals surface area contributed by atoms with Crippen molar-refractivity contribution in [2.24, 2.45) is 22.7 Å². The van der Waals surface area contributed by atoms with E-state index in [1.54, 1.807) is 0 Å². The maximum atomic E-state index is 11.7. The second-order valence-electron chi connectivity index (χ2n) is 9.27. The summed E-state index contributed by atoms with van der Waals surface area (Å²) in [7, 11) is 0. The Morgan fingerprint density at radius 3 is 2.12 bits per heavy atom. The molecule has 0 radical (unpaired) electrons. The SMILES string of the molecule is CCCCCC1CCC(C(O)CCC(C)(C(=O)O)C(C)(C)C)CC1. The van der Waals surface area contributed by atoms with Gasteiger partial charge in [0.05, 0.1) is 11.5 Å². The molecule has 0 amide bonds. The average molecular weight is 341 g/mol. The Balaban J connectivity index is 2.44. The van der Waals surface area contributed by atoms with Gasteiger partial charge in [-0.3, -0.25) is 4.79 Å². The number of aliphatic carboxylic acids is 1. The number of hydrogen-bond acceptors (Lipinski definition) is 2. The summed E-state index contributed by atoms with van der Waals surface area (Å²) in [6.45, 7) is 10.0. The van der Waals surface area contributed by atoms with Crippen molar-refractivity contribution in [2.45, 2.75) is 105 Å². The number of carboxylic acid groups (broad SMARTS) is 1. The average Bonchev–Trinajstić information content (AvgIpc) is 2.51. The van der Waals surface area contributed by atoms with Gasteiger partial charge in [-0.2, -0.15) is 0 Å². The zero-order chi connectivity index (χ0) is 18.4. The van der Waals surface area contributed by atoms with Crippen molar-refractivity contribution in [1.29, 1.82) is 0 Å². The molecule has 0 heterocycles. The Bertz CT molecular complexity index is 377. The second kappa shape index (κ2) is 9.22. The maximum absolute atomic E-state index is 11.7. The van der Waals surface area contributed by atoms with E-state index in [9.17, 15) is 15.0 Å². The highest BCUT2D eigenvalue weighted by Gasteiger charge is 2.44. The molecular formula is C21H40O3. The van der Waals surface area contributed by atoms with Gasteiger partial charge in [-0.25, -0.2) is 0 Å². The van der Waals surface area contributed by atoms with Gasteiger partial charge in [0.15, 0.2) is 0 Å². The summed E-state index contributed by atoms with van der Waals surface area (Å²) in [5.74, 6) is 0.464. The molecule has 3 heteroatoms. The summed E-state index contributed by atoms with van der Waals surface area (Å²) in [4.78, 5) is 11.7. The third-order valence-electron chi connectivity index (χ3n) is 6.72. The number of carboxylic acids is 1. The maximum Gasteiger partial charge on any atom is 0.309 e. The van der Waals surface area contributed by atoms with Gasteiger partial charge >= 0.3 is 5.97 Å². The Labute approximate surface area is 149 Å². The minimum Gasteiger partial charge on any atom is -0.481 e. The van der Waals surface area contributed by atoms with E-state index < -0.39 is 11.4 Å². The highest BCUT2D eigenvalue weighted by molar-refractivity contribution is 5.75. The van der Waals surface area contributed by atoms with Crippen LogP contribution in [-0.2, 0) is 4.79 Å². The van der Waals surface area contributed by atoms with E-state index in [0.717, 1.165) is 18.8 Å². The number of unbranched alkanes of at least 4 members (excludes halogenated alkanes) is 2. The molecule has 1 saturated carbocycles. The lowest BCUT2D eigenvalue weighted by Crippen LogP contribution is -2.41. The molecule has 1 aliphatic carbocycles. The Hall–Kier alpha value is -0.570. The van der Waals surface area contributed by atoms with Crippen molar-refractivity contribution >= 4 is 5.97 Å². The van der Waals surface area contributed by atoms with Crippen LogP contribution in [0.2, 0.25) is 0 Å². The molecule has 3 nitrogen and oxygen atoms in total. The van der Waals surface area contributed by atoms with E-state index in [1.807, 2.05) is 27.7 Å². The molecule has 1 rings (SSSR count). The van der Waals surface area contributed by atoms with Crippen LogP contribution in [0, 0.1) is 22.7 Å². The van der Waals surface area contributed by atoms with Gasteiger partial charge < -0.3 is 10.2 Å². The van der Waals surface area contributed by atoms with Crippen LogP contribution in [0.4, 0.5) is 0 Å². The minimum atomic E-state index is -0.786. The van der Waals surface area contributed by atoms with Crippen LogP contribution in [0.1, 0.15) is 98.8 Å². The summed E-state index contributed by atoms with van der Waals surface area (Å²) >= 11 is 0. The van der Waals surface area contributed by atoms with Gasteiger partial charge in [-0.1, -0.05) is 66.2 Å². The molecule has 0 aliphatic heterocycles. The number of carbonyl (C=O) groups is 1. The van der Waals surface area contributed by atoms with Crippen molar-refractivity contribution in [3.63, 3.8) is 0 Å². The predicted molar refractivity (Wildman–Crippen MR) is 100 cm³/mol. The van der Waals surface area contributed by atoms with Crippen LogP contribution in [0.3, 0.4) is 0 Å². The molecule has 0 aromatic heterocycles. The normalized spacial score (nSPS) is 25.9. The molecule has 0 bridgehead atoms. The number of aliphatic hydroxyl groups excluding tert-OH is 1. The first-order chi connectivity index (χ1) is 11.1. The van der Waals surface area contributed by atoms with E-state index in [-0.39, 0.29) is 11.5 Å². The molecule has 2 unspecified atom stereocenters. The van der Waals surface area contributed by atoms with Gasteiger partial charge in [0, 0.05) is 0 Å². The van der Waals surface area contributed by atoms with E-state index in [4.69, 9.17) is 0 Å². The fourth-order valence-electron chi connectivity index (χ4n) is 4.02. The van der Waals surface area contributed by atoms with E-state index in [2.05, 4.69) is 6.92 Å². The minimum absolute atomic E-state index is 0.310. The molecule has 0 saturated heterocycles. The lowest BCUT2D eigenvalue weighted by Gasteiger charge is -2.39. The lowest BCUT2D eigenvalue weighted by atomic mass is 9.64.